The van der Waals surface area contributed by atoms with Gasteiger partial charge in [-0.25, -0.2) is 0 Å². The fourth-order valence-electron chi connectivity index (χ4n) is 2.68. The number of hydrogen-bond acceptors (Lipinski definition) is 4. The van der Waals surface area contributed by atoms with Crippen molar-refractivity contribution in [3.63, 3.8) is 0 Å². The molecule has 0 radical (unpaired) electrons. The van der Waals surface area contributed by atoms with Crippen LogP contribution in [0.2, 0.25) is 0 Å². The van der Waals surface area contributed by atoms with Crippen molar-refractivity contribution in [3.05, 3.63) is 54.1 Å². The highest BCUT2D eigenvalue weighted by Crippen LogP contribution is 2.30. The van der Waals surface area contributed by atoms with Crippen molar-refractivity contribution in [3.8, 4) is 17.2 Å². The van der Waals surface area contributed by atoms with Gasteiger partial charge in [0.1, 0.15) is 17.2 Å². The predicted octanol–water partition coefficient (Wildman–Crippen LogP) is 3.36. The largest absolute Gasteiger partial charge is 0.497 e. The molecule has 3 rings (SSSR count). The molecule has 2 aromatic carbocycles. The van der Waals surface area contributed by atoms with Gasteiger partial charge in [0.2, 0.25) is 0 Å². The average Bonchev–Trinajstić information content (AvgIpc) is 2.62. The topological polar surface area (TPSA) is 30.9 Å². The van der Waals surface area contributed by atoms with Gasteiger partial charge in [0.25, 0.3) is 0 Å². The fraction of sp³-hybridized carbons (Fsp3) is 0.368. The summed E-state index contributed by atoms with van der Waals surface area (Å²) in [4.78, 5) is 2.43. The van der Waals surface area contributed by atoms with Gasteiger partial charge in [0.05, 0.1) is 20.3 Å². The van der Waals surface area contributed by atoms with Gasteiger partial charge in [-0.15, -0.1) is 0 Å². The molecule has 1 fully saturated rings. The number of nitrogens with zero attached hydrogens (tertiary/aromatic N) is 1. The number of ether oxygens (including phenoxy) is 3. The maximum atomic E-state index is 6.07. The van der Waals surface area contributed by atoms with Gasteiger partial charge < -0.3 is 14.2 Å². The van der Waals surface area contributed by atoms with E-state index in [0.29, 0.717) is 0 Å². The Morgan fingerprint density at radius 1 is 1.00 bits per heavy atom. The number of morpholine rings is 1. The van der Waals surface area contributed by atoms with Crippen molar-refractivity contribution >= 4 is 0 Å². The summed E-state index contributed by atoms with van der Waals surface area (Å²) in [6.45, 7) is 4.68. The highest BCUT2D eigenvalue weighted by Gasteiger charge is 2.13. The molecule has 4 nitrogen and oxygen atoms in total. The molecule has 1 aliphatic rings. The molecule has 0 unspecified atom stereocenters. The summed E-state index contributed by atoms with van der Waals surface area (Å²) in [5, 5.41) is 0. The average molecular weight is 313 g/mol. The molecule has 0 bridgehead atoms. The Kier molecular flexibility index (Phi) is 5.51. The maximum Gasteiger partial charge on any atom is 0.134 e. The van der Waals surface area contributed by atoms with Crippen LogP contribution in [0.3, 0.4) is 0 Å². The second kappa shape index (κ2) is 7.99. The minimum atomic E-state index is 0.811. The fourth-order valence-corrected chi connectivity index (χ4v) is 2.68. The Morgan fingerprint density at radius 3 is 2.52 bits per heavy atom. The molecule has 2 aromatic rings. The standard InChI is InChI=1S/C19H23NO3/c1-21-18-8-7-16(9-10-20-11-13-22-14-12-20)19(15-18)23-17-5-3-2-4-6-17/h2-8,15H,9-14H2,1H3. The Morgan fingerprint density at radius 2 is 1.78 bits per heavy atom. The van der Waals surface area contributed by atoms with Crippen LogP contribution in [-0.2, 0) is 11.2 Å². The number of benzene rings is 2. The van der Waals surface area contributed by atoms with Gasteiger partial charge >= 0.3 is 0 Å². The molecular weight excluding hydrogens is 290 g/mol. The van der Waals surface area contributed by atoms with Gasteiger partial charge in [-0.05, 0) is 30.2 Å². The van der Waals surface area contributed by atoms with E-state index in [0.717, 1.165) is 56.5 Å². The summed E-state index contributed by atoms with van der Waals surface area (Å²) in [6, 6.07) is 15.9. The summed E-state index contributed by atoms with van der Waals surface area (Å²) >= 11 is 0. The van der Waals surface area contributed by atoms with Crippen molar-refractivity contribution in [2.24, 2.45) is 0 Å². The van der Waals surface area contributed by atoms with E-state index in [1.807, 2.05) is 42.5 Å². The molecule has 1 aliphatic heterocycles. The minimum Gasteiger partial charge on any atom is -0.497 e. The number of methoxy groups -OCH3 is 1. The maximum absolute atomic E-state index is 6.07. The first-order chi connectivity index (χ1) is 11.3. The normalized spacial score (nSPS) is 15.3. The van der Waals surface area contributed by atoms with Gasteiger partial charge in [-0.1, -0.05) is 24.3 Å². The minimum absolute atomic E-state index is 0.811. The van der Waals surface area contributed by atoms with Crippen LogP contribution in [0.15, 0.2) is 48.5 Å². The second-order valence-corrected chi connectivity index (χ2v) is 5.59. The summed E-state index contributed by atoms with van der Waals surface area (Å²) in [5.41, 5.74) is 1.20. The Bertz CT molecular complexity index is 609. The number of hydrogen-bond donors (Lipinski definition) is 0. The van der Waals surface area contributed by atoms with Crippen molar-refractivity contribution < 1.29 is 14.2 Å². The van der Waals surface area contributed by atoms with Gasteiger partial charge in [0.15, 0.2) is 0 Å². The van der Waals surface area contributed by atoms with E-state index in [1.165, 1.54) is 5.56 Å². The number of rotatable bonds is 6. The van der Waals surface area contributed by atoms with E-state index in [-0.39, 0.29) is 0 Å². The van der Waals surface area contributed by atoms with Crippen molar-refractivity contribution in [1.29, 1.82) is 0 Å². The predicted molar refractivity (Wildman–Crippen MR) is 90.5 cm³/mol. The van der Waals surface area contributed by atoms with E-state index in [9.17, 15) is 0 Å². The van der Waals surface area contributed by atoms with Crippen molar-refractivity contribution in [1.82, 2.24) is 4.90 Å². The molecule has 23 heavy (non-hydrogen) atoms. The van der Waals surface area contributed by atoms with E-state index in [1.54, 1.807) is 7.11 Å². The molecule has 122 valence electrons. The first kappa shape index (κ1) is 15.8. The third-order valence-corrected chi connectivity index (χ3v) is 4.05. The number of para-hydroxylation sites is 1. The van der Waals surface area contributed by atoms with Crippen LogP contribution in [0.5, 0.6) is 17.2 Å². The van der Waals surface area contributed by atoms with Crippen LogP contribution in [-0.4, -0.2) is 44.9 Å². The zero-order valence-electron chi connectivity index (χ0n) is 13.5. The molecule has 0 aliphatic carbocycles. The molecule has 4 heteroatoms. The summed E-state index contributed by atoms with van der Waals surface area (Å²) in [5.74, 6) is 2.52. The summed E-state index contributed by atoms with van der Waals surface area (Å²) < 4.78 is 16.8. The van der Waals surface area contributed by atoms with E-state index < -0.39 is 0 Å². The van der Waals surface area contributed by atoms with Gasteiger partial charge in [-0.2, -0.15) is 0 Å². The van der Waals surface area contributed by atoms with Gasteiger partial charge in [-0.3, -0.25) is 4.90 Å². The molecule has 0 amide bonds. The third-order valence-electron chi connectivity index (χ3n) is 4.05. The van der Waals surface area contributed by atoms with Crippen molar-refractivity contribution in [2.75, 3.05) is 40.0 Å². The lowest BCUT2D eigenvalue weighted by molar-refractivity contribution is 0.0384. The van der Waals surface area contributed by atoms with Crippen LogP contribution < -0.4 is 9.47 Å². The van der Waals surface area contributed by atoms with Crippen LogP contribution in [0.4, 0.5) is 0 Å². The summed E-state index contributed by atoms with van der Waals surface area (Å²) in [7, 11) is 1.68. The SMILES string of the molecule is COc1ccc(CCN2CCOCC2)c(Oc2ccccc2)c1. The zero-order chi connectivity index (χ0) is 15.9. The van der Waals surface area contributed by atoms with Crippen molar-refractivity contribution in [2.45, 2.75) is 6.42 Å². The van der Waals surface area contributed by atoms with Crippen LogP contribution >= 0.6 is 0 Å². The molecule has 0 aromatic heterocycles. The highest BCUT2D eigenvalue weighted by molar-refractivity contribution is 5.43. The molecule has 1 saturated heterocycles. The molecule has 0 atom stereocenters. The Balaban J connectivity index is 1.72. The summed E-state index contributed by atoms with van der Waals surface area (Å²) in [6.07, 6.45) is 0.951. The third kappa shape index (κ3) is 4.47. The van der Waals surface area contributed by atoms with Crippen LogP contribution in [0.25, 0.3) is 0 Å². The second-order valence-electron chi connectivity index (χ2n) is 5.59. The van der Waals surface area contributed by atoms with E-state index in [4.69, 9.17) is 14.2 Å². The lowest BCUT2D eigenvalue weighted by Gasteiger charge is -2.26. The monoisotopic (exact) mass is 313 g/mol. The molecule has 0 N–H and O–H groups in total. The first-order valence-corrected chi connectivity index (χ1v) is 8.05. The van der Waals surface area contributed by atoms with Gasteiger partial charge in [0, 0.05) is 25.7 Å². The Labute approximate surface area is 137 Å². The molecule has 0 spiro atoms. The van der Waals surface area contributed by atoms with E-state index >= 15 is 0 Å². The molecular formula is C19H23NO3. The Hall–Kier alpha value is -2.04. The lowest BCUT2D eigenvalue weighted by Crippen LogP contribution is -2.37. The smallest absolute Gasteiger partial charge is 0.134 e. The first-order valence-electron chi connectivity index (χ1n) is 8.05. The molecule has 1 heterocycles. The van der Waals surface area contributed by atoms with E-state index in [2.05, 4.69) is 11.0 Å². The zero-order valence-corrected chi connectivity index (χ0v) is 13.5. The molecule has 0 saturated carbocycles. The lowest BCUT2D eigenvalue weighted by atomic mass is 10.1. The van der Waals surface area contributed by atoms with Crippen LogP contribution in [0.1, 0.15) is 5.56 Å². The highest BCUT2D eigenvalue weighted by atomic mass is 16.5. The van der Waals surface area contributed by atoms with Crippen LogP contribution in [0, 0.1) is 0 Å². The quantitative estimate of drug-likeness (QED) is 0.818.